The van der Waals surface area contributed by atoms with Crippen LogP contribution in [0.1, 0.15) is 278 Å². The summed E-state index contributed by atoms with van der Waals surface area (Å²) in [6.07, 6.45) is 57.3. The normalized spacial score (nSPS) is 18.3. The summed E-state index contributed by atoms with van der Waals surface area (Å²) in [5.74, 6) is -3.16. The third-order valence-corrected chi connectivity index (χ3v) is 14.3. The smallest absolute Gasteiger partial charge is 0.335 e. The van der Waals surface area contributed by atoms with Crippen molar-refractivity contribution < 1.29 is 58.2 Å². The fourth-order valence-electron chi connectivity index (χ4n) is 9.46. The van der Waals surface area contributed by atoms with Crippen molar-refractivity contribution in [2.24, 2.45) is 0 Å². The highest BCUT2D eigenvalue weighted by Crippen LogP contribution is 2.27. The van der Waals surface area contributed by atoms with Crippen LogP contribution in [0.25, 0.3) is 0 Å². The molecule has 0 aliphatic carbocycles. The number of esters is 3. The maximum atomic E-state index is 13.2. The highest BCUT2D eigenvalue weighted by Gasteiger charge is 2.50. The van der Waals surface area contributed by atoms with Gasteiger partial charge in [0.2, 0.25) is 0 Å². The van der Waals surface area contributed by atoms with Crippen LogP contribution in [0.3, 0.4) is 0 Å². The average molecular weight is 1110 g/mol. The van der Waals surface area contributed by atoms with E-state index in [1.807, 2.05) is 0 Å². The first-order chi connectivity index (χ1) is 38.6. The Morgan fingerprint density at radius 1 is 0.430 bits per heavy atom. The average Bonchev–Trinajstić information content (AvgIpc) is 3.46. The molecule has 12 heteroatoms. The molecule has 1 heterocycles. The van der Waals surface area contributed by atoms with Crippen LogP contribution in [0.2, 0.25) is 0 Å². The standard InChI is InChI=1S/C67H114O12/c1-4-7-10-13-16-19-22-25-27-29-30-32-33-36-38-41-44-47-50-53-59(68)75-56-58(77-60(69)54-51-48-45-42-40-37-34-31-28-26-23-20-17-14-11-8-5-2)57-76-67-65(63(72)62(71)64(79-67)66(73)74)78-61(70)55-52-49-46-43-39-35-24-21-18-15-12-9-6-3/h8-9,11-12,17-18,20-21,26,28,35,39,58,62-65,67,71-72H,4-7,10,13-16,19,22-25,27,29-34,36-38,40-57H2,1-3H3,(H,73,74)/b11-8-,12-9-,20-17-,21-18-,28-26-,39-35-. The molecule has 6 unspecified atom stereocenters. The fraction of sp³-hybridized carbons (Fsp3) is 0.761. The molecule has 6 atom stereocenters. The topological polar surface area (TPSA) is 175 Å². The van der Waals surface area contributed by atoms with Crippen molar-refractivity contribution >= 4 is 23.9 Å². The number of aliphatic hydroxyl groups excluding tert-OH is 2. The third kappa shape index (κ3) is 44.5. The molecule has 0 saturated carbocycles. The summed E-state index contributed by atoms with van der Waals surface area (Å²) in [5.41, 5.74) is 0. The lowest BCUT2D eigenvalue weighted by molar-refractivity contribution is -0.301. The van der Waals surface area contributed by atoms with Gasteiger partial charge in [0.05, 0.1) is 6.61 Å². The first-order valence-corrected chi connectivity index (χ1v) is 31.9. The van der Waals surface area contributed by atoms with Crippen LogP contribution in [-0.2, 0) is 42.9 Å². The Hall–Kier alpha value is -3.84. The monoisotopic (exact) mass is 1110 g/mol. The number of carbonyl (C=O) groups excluding carboxylic acids is 3. The lowest BCUT2D eigenvalue weighted by atomic mass is 9.98. The summed E-state index contributed by atoms with van der Waals surface area (Å²) in [6.45, 7) is 5.78. The predicted octanol–water partition coefficient (Wildman–Crippen LogP) is 16.9. The Morgan fingerprint density at radius 2 is 0.797 bits per heavy atom. The van der Waals surface area contributed by atoms with Crippen LogP contribution in [0.4, 0.5) is 0 Å². The number of ether oxygens (including phenoxy) is 5. The van der Waals surface area contributed by atoms with Gasteiger partial charge in [-0.25, -0.2) is 4.79 Å². The molecule has 0 amide bonds. The van der Waals surface area contributed by atoms with Crippen molar-refractivity contribution in [1.82, 2.24) is 0 Å². The summed E-state index contributed by atoms with van der Waals surface area (Å²) < 4.78 is 28.5. The van der Waals surface area contributed by atoms with Gasteiger partial charge in [-0.05, 0) is 83.5 Å². The Morgan fingerprint density at radius 3 is 1.23 bits per heavy atom. The SMILES string of the molecule is CC/C=C\C/C=C\C/C=C\CCCCCCCCCC(=O)OC(COC(=O)CCCCCCCCCCCCCCCCCCCCC)COC1OC(C(=O)O)C(O)C(O)C1OC(=O)CCCCC/C=C\C/C=C\C/C=C\CC. The molecule has 1 aliphatic rings. The van der Waals surface area contributed by atoms with Gasteiger partial charge in [-0.15, -0.1) is 0 Å². The van der Waals surface area contributed by atoms with Gasteiger partial charge in [-0.2, -0.15) is 0 Å². The number of carboxylic acid groups (broad SMARTS) is 1. The number of hydrogen-bond acceptors (Lipinski definition) is 11. The Labute approximate surface area is 480 Å². The quantitative estimate of drug-likeness (QED) is 0.0228. The van der Waals surface area contributed by atoms with Crippen LogP contribution in [0.5, 0.6) is 0 Å². The number of unbranched alkanes of at least 4 members (excludes halogenated alkanes) is 28. The van der Waals surface area contributed by atoms with Crippen LogP contribution in [0.15, 0.2) is 72.9 Å². The molecule has 0 aromatic rings. The van der Waals surface area contributed by atoms with E-state index in [0.717, 1.165) is 122 Å². The summed E-state index contributed by atoms with van der Waals surface area (Å²) in [4.78, 5) is 51.3. The zero-order valence-electron chi connectivity index (χ0n) is 50.1. The molecule has 0 radical (unpaired) electrons. The highest BCUT2D eigenvalue weighted by atomic mass is 16.7. The minimum absolute atomic E-state index is 0.0234. The third-order valence-electron chi connectivity index (χ3n) is 14.3. The van der Waals surface area contributed by atoms with Gasteiger partial charge in [-0.1, -0.05) is 248 Å². The van der Waals surface area contributed by atoms with Gasteiger partial charge in [0.1, 0.15) is 18.8 Å². The van der Waals surface area contributed by atoms with Gasteiger partial charge in [-0.3, -0.25) is 14.4 Å². The molecule has 12 nitrogen and oxygen atoms in total. The lowest BCUT2D eigenvalue weighted by Crippen LogP contribution is -2.61. The van der Waals surface area contributed by atoms with Crippen LogP contribution in [-0.4, -0.2) is 89.2 Å². The molecule has 454 valence electrons. The van der Waals surface area contributed by atoms with E-state index in [9.17, 15) is 34.5 Å². The minimum atomic E-state index is -1.92. The Kier molecular flexibility index (Phi) is 50.7. The molecule has 0 aromatic carbocycles. The van der Waals surface area contributed by atoms with Gasteiger partial charge >= 0.3 is 23.9 Å². The predicted molar refractivity (Wildman–Crippen MR) is 322 cm³/mol. The van der Waals surface area contributed by atoms with Crippen LogP contribution >= 0.6 is 0 Å². The summed E-state index contributed by atoms with van der Waals surface area (Å²) in [5, 5.41) is 31.5. The second-order valence-electron chi connectivity index (χ2n) is 21.6. The van der Waals surface area contributed by atoms with Crippen molar-refractivity contribution in [2.75, 3.05) is 13.2 Å². The Balaban J connectivity index is 2.66. The molecule has 0 spiro atoms. The summed E-state index contributed by atoms with van der Waals surface area (Å²) in [7, 11) is 0. The first-order valence-electron chi connectivity index (χ1n) is 31.9. The van der Waals surface area contributed by atoms with E-state index in [4.69, 9.17) is 23.7 Å². The number of allylic oxidation sites excluding steroid dienone is 12. The number of carboxylic acids is 1. The van der Waals surface area contributed by atoms with Crippen molar-refractivity contribution in [2.45, 2.75) is 314 Å². The molecular weight excluding hydrogens is 997 g/mol. The minimum Gasteiger partial charge on any atom is -0.479 e. The summed E-state index contributed by atoms with van der Waals surface area (Å²) >= 11 is 0. The number of hydrogen-bond donors (Lipinski definition) is 3. The zero-order valence-corrected chi connectivity index (χ0v) is 50.1. The fourth-order valence-corrected chi connectivity index (χ4v) is 9.46. The molecule has 1 fully saturated rings. The Bertz CT molecular complexity index is 1650. The van der Waals surface area contributed by atoms with E-state index in [1.54, 1.807) is 0 Å². The van der Waals surface area contributed by atoms with E-state index < -0.39 is 67.3 Å². The number of carbonyl (C=O) groups is 4. The van der Waals surface area contributed by atoms with Gasteiger partial charge in [0, 0.05) is 19.3 Å². The van der Waals surface area contributed by atoms with Crippen molar-refractivity contribution in [1.29, 1.82) is 0 Å². The summed E-state index contributed by atoms with van der Waals surface area (Å²) in [6, 6.07) is 0. The molecular formula is C67H114O12. The van der Waals surface area contributed by atoms with Crippen molar-refractivity contribution in [3.8, 4) is 0 Å². The van der Waals surface area contributed by atoms with Crippen molar-refractivity contribution in [3.05, 3.63) is 72.9 Å². The number of rotatable bonds is 54. The molecule has 0 aromatic heterocycles. The van der Waals surface area contributed by atoms with E-state index in [2.05, 4.69) is 93.7 Å². The molecule has 1 saturated heterocycles. The second kappa shape index (κ2) is 54.7. The van der Waals surface area contributed by atoms with Crippen LogP contribution < -0.4 is 0 Å². The number of aliphatic carboxylic acids is 1. The van der Waals surface area contributed by atoms with E-state index in [1.165, 1.54) is 96.3 Å². The molecule has 1 aliphatic heterocycles. The maximum Gasteiger partial charge on any atom is 0.335 e. The van der Waals surface area contributed by atoms with E-state index >= 15 is 0 Å². The van der Waals surface area contributed by atoms with Crippen molar-refractivity contribution in [3.63, 3.8) is 0 Å². The van der Waals surface area contributed by atoms with Gasteiger partial charge in [0.25, 0.3) is 0 Å². The van der Waals surface area contributed by atoms with E-state index in [-0.39, 0.29) is 25.9 Å². The second-order valence-corrected chi connectivity index (χ2v) is 21.6. The van der Waals surface area contributed by atoms with Crippen LogP contribution in [0, 0.1) is 0 Å². The first kappa shape index (κ1) is 73.2. The lowest BCUT2D eigenvalue weighted by Gasteiger charge is -2.40. The maximum absolute atomic E-state index is 13.2. The zero-order chi connectivity index (χ0) is 57.5. The molecule has 0 bridgehead atoms. The van der Waals surface area contributed by atoms with Gasteiger partial charge < -0.3 is 39.0 Å². The number of aliphatic hydroxyl groups is 2. The van der Waals surface area contributed by atoms with E-state index in [0.29, 0.717) is 19.3 Å². The molecule has 3 N–H and O–H groups in total. The molecule has 1 rings (SSSR count). The molecule has 79 heavy (non-hydrogen) atoms. The highest BCUT2D eigenvalue weighted by molar-refractivity contribution is 5.74. The van der Waals surface area contributed by atoms with Gasteiger partial charge in [0.15, 0.2) is 24.6 Å². The largest absolute Gasteiger partial charge is 0.479 e.